The molecule has 7 nitrogen and oxygen atoms in total. The maximum absolute atomic E-state index is 9.61. The number of phenolic OH excluding ortho intramolecular Hbond substituents is 1. The Kier molecular flexibility index (Phi) is 4.15. The smallest absolute Gasteiger partial charge is 0.216 e. The number of aromatic hydroxyl groups is 1. The van der Waals surface area contributed by atoms with Crippen molar-refractivity contribution in [2.24, 2.45) is 5.10 Å². The number of hydrogen-bond acceptors (Lipinski definition) is 6. The van der Waals surface area contributed by atoms with E-state index in [9.17, 15) is 5.11 Å². The van der Waals surface area contributed by atoms with Gasteiger partial charge in [-0.3, -0.25) is 4.98 Å². The SMILES string of the molecule is COc1cc(C=Nn2c(-c3ccccn3)n[nH]c2=S)ccc1O. The molecule has 0 fully saturated rings. The molecule has 2 N–H and O–H groups in total. The Morgan fingerprint density at radius 2 is 2.22 bits per heavy atom. The first-order valence-electron chi connectivity index (χ1n) is 6.69. The predicted molar refractivity (Wildman–Crippen MR) is 88.3 cm³/mol. The van der Waals surface area contributed by atoms with Gasteiger partial charge < -0.3 is 9.84 Å². The highest BCUT2D eigenvalue weighted by molar-refractivity contribution is 7.71. The summed E-state index contributed by atoms with van der Waals surface area (Å²) in [6, 6.07) is 10.4. The zero-order valence-corrected chi connectivity index (χ0v) is 13.0. The largest absolute Gasteiger partial charge is 0.504 e. The molecule has 0 unspecified atom stereocenters. The van der Waals surface area contributed by atoms with Crippen molar-refractivity contribution in [3.05, 3.63) is 52.9 Å². The van der Waals surface area contributed by atoms with Gasteiger partial charge in [-0.1, -0.05) is 6.07 Å². The topological polar surface area (TPSA) is 88.3 Å². The number of aromatic amines is 1. The average Bonchev–Trinajstić information content (AvgIpc) is 2.95. The van der Waals surface area contributed by atoms with E-state index >= 15 is 0 Å². The summed E-state index contributed by atoms with van der Waals surface area (Å²) in [5.74, 6) is 0.950. The van der Waals surface area contributed by atoms with Crippen molar-refractivity contribution in [3.63, 3.8) is 0 Å². The van der Waals surface area contributed by atoms with E-state index in [4.69, 9.17) is 17.0 Å². The highest BCUT2D eigenvalue weighted by atomic mass is 32.1. The number of H-pyrrole nitrogens is 1. The molecule has 2 aromatic heterocycles. The number of benzene rings is 1. The maximum atomic E-state index is 9.61. The van der Waals surface area contributed by atoms with Gasteiger partial charge in [0.05, 0.1) is 13.3 Å². The average molecular weight is 327 g/mol. The van der Waals surface area contributed by atoms with Crippen LogP contribution in [0, 0.1) is 4.77 Å². The van der Waals surface area contributed by atoms with E-state index in [-0.39, 0.29) is 5.75 Å². The molecule has 0 spiro atoms. The van der Waals surface area contributed by atoms with Crippen LogP contribution in [-0.2, 0) is 0 Å². The van der Waals surface area contributed by atoms with Gasteiger partial charge in [-0.15, -0.1) is 0 Å². The van der Waals surface area contributed by atoms with Crippen molar-refractivity contribution in [3.8, 4) is 23.0 Å². The van der Waals surface area contributed by atoms with Gasteiger partial charge in [-0.25, -0.2) is 5.10 Å². The monoisotopic (exact) mass is 327 g/mol. The number of nitrogens with zero attached hydrogens (tertiary/aromatic N) is 4. The summed E-state index contributed by atoms with van der Waals surface area (Å²) in [4.78, 5) is 4.24. The molecule has 0 aliphatic rings. The molecule has 0 radical (unpaired) electrons. The number of ether oxygens (including phenoxy) is 1. The van der Waals surface area contributed by atoms with E-state index in [1.54, 1.807) is 24.5 Å². The molecule has 2 heterocycles. The van der Waals surface area contributed by atoms with Gasteiger partial charge in [-0.2, -0.15) is 14.9 Å². The summed E-state index contributed by atoms with van der Waals surface area (Å²) in [5.41, 5.74) is 1.40. The summed E-state index contributed by atoms with van der Waals surface area (Å²) >= 11 is 5.20. The summed E-state index contributed by atoms with van der Waals surface area (Å²) in [6.45, 7) is 0. The lowest BCUT2D eigenvalue weighted by molar-refractivity contribution is 0.373. The van der Waals surface area contributed by atoms with Crippen LogP contribution < -0.4 is 4.74 Å². The Morgan fingerprint density at radius 3 is 2.96 bits per heavy atom. The highest BCUT2D eigenvalue weighted by Gasteiger charge is 2.08. The molecule has 23 heavy (non-hydrogen) atoms. The van der Waals surface area contributed by atoms with Crippen molar-refractivity contribution in [2.75, 3.05) is 7.11 Å². The third kappa shape index (κ3) is 3.11. The van der Waals surface area contributed by atoms with Crippen molar-refractivity contribution in [2.45, 2.75) is 0 Å². The number of hydrogen-bond donors (Lipinski definition) is 2. The molecule has 116 valence electrons. The number of pyridine rings is 1. The molecule has 0 bridgehead atoms. The first kappa shape index (κ1) is 14.9. The van der Waals surface area contributed by atoms with Crippen LogP contribution in [-0.4, -0.2) is 38.3 Å². The number of rotatable bonds is 4. The van der Waals surface area contributed by atoms with Crippen LogP contribution in [0.4, 0.5) is 0 Å². The molecule has 0 saturated heterocycles. The second kappa shape index (κ2) is 6.41. The van der Waals surface area contributed by atoms with Crippen molar-refractivity contribution >= 4 is 18.4 Å². The molecule has 0 saturated carbocycles. The van der Waals surface area contributed by atoms with E-state index in [1.165, 1.54) is 17.9 Å². The minimum absolute atomic E-state index is 0.0683. The van der Waals surface area contributed by atoms with Crippen molar-refractivity contribution < 1.29 is 9.84 Å². The van der Waals surface area contributed by atoms with E-state index in [0.29, 0.717) is 22.0 Å². The first-order chi connectivity index (χ1) is 11.2. The second-order valence-corrected chi connectivity index (χ2v) is 4.94. The fourth-order valence-electron chi connectivity index (χ4n) is 1.96. The zero-order valence-electron chi connectivity index (χ0n) is 12.2. The van der Waals surface area contributed by atoms with Crippen LogP contribution in [0.25, 0.3) is 11.5 Å². The Bertz CT molecular complexity index is 902. The van der Waals surface area contributed by atoms with Crippen LogP contribution in [0.5, 0.6) is 11.5 Å². The lowest BCUT2D eigenvalue weighted by Crippen LogP contribution is -1.96. The van der Waals surface area contributed by atoms with E-state index < -0.39 is 0 Å². The van der Waals surface area contributed by atoms with Crippen LogP contribution in [0.15, 0.2) is 47.7 Å². The van der Waals surface area contributed by atoms with E-state index in [0.717, 1.165) is 5.56 Å². The highest BCUT2D eigenvalue weighted by Crippen LogP contribution is 2.25. The third-order valence-corrected chi connectivity index (χ3v) is 3.33. The number of nitrogens with one attached hydrogen (secondary N) is 1. The molecule has 0 atom stereocenters. The second-order valence-electron chi connectivity index (χ2n) is 4.56. The molecule has 0 amide bonds. The Balaban J connectivity index is 1.98. The normalized spacial score (nSPS) is 11.0. The van der Waals surface area contributed by atoms with Crippen molar-refractivity contribution in [1.29, 1.82) is 0 Å². The fraction of sp³-hybridized carbons (Fsp3) is 0.0667. The molecule has 1 aromatic carbocycles. The molecule has 0 aliphatic heterocycles. The van der Waals surface area contributed by atoms with Crippen LogP contribution in [0.3, 0.4) is 0 Å². The quantitative estimate of drug-likeness (QED) is 0.568. The number of aromatic nitrogens is 4. The van der Waals surface area contributed by atoms with Crippen LogP contribution in [0.1, 0.15) is 5.56 Å². The predicted octanol–water partition coefficient (Wildman–Crippen LogP) is 2.60. The van der Waals surface area contributed by atoms with Gasteiger partial charge in [0.15, 0.2) is 11.5 Å². The van der Waals surface area contributed by atoms with Crippen LogP contribution in [0.2, 0.25) is 0 Å². The van der Waals surface area contributed by atoms with Gasteiger partial charge in [0.25, 0.3) is 0 Å². The fourth-order valence-corrected chi connectivity index (χ4v) is 2.14. The van der Waals surface area contributed by atoms with Gasteiger partial charge in [0.2, 0.25) is 10.6 Å². The summed E-state index contributed by atoms with van der Waals surface area (Å²) in [7, 11) is 1.49. The van der Waals surface area contributed by atoms with Crippen molar-refractivity contribution in [1.82, 2.24) is 19.9 Å². The lowest BCUT2D eigenvalue weighted by Gasteiger charge is -2.03. The Morgan fingerprint density at radius 1 is 1.35 bits per heavy atom. The van der Waals surface area contributed by atoms with Gasteiger partial charge in [0.1, 0.15) is 5.69 Å². The number of methoxy groups -OCH3 is 1. The van der Waals surface area contributed by atoms with E-state index in [2.05, 4.69) is 20.3 Å². The summed E-state index contributed by atoms with van der Waals surface area (Å²) < 4.78 is 6.91. The molecule has 0 aliphatic carbocycles. The standard InChI is InChI=1S/C15H13N5O2S/c1-22-13-8-10(5-6-12(13)21)9-17-20-14(18-19-15(20)23)11-4-2-3-7-16-11/h2-9,21H,1H3,(H,19,23). The van der Waals surface area contributed by atoms with E-state index in [1.807, 2.05) is 18.2 Å². The van der Waals surface area contributed by atoms with Crippen LogP contribution >= 0.6 is 12.2 Å². The molecular weight excluding hydrogens is 314 g/mol. The summed E-state index contributed by atoms with van der Waals surface area (Å²) in [6.07, 6.45) is 3.27. The Hall–Kier alpha value is -3.00. The maximum Gasteiger partial charge on any atom is 0.216 e. The molecule has 8 heteroatoms. The Labute approximate surface area is 136 Å². The minimum atomic E-state index is 0.0683. The lowest BCUT2D eigenvalue weighted by atomic mass is 10.2. The molecule has 3 rings (SSSR count). The summed E-state index contributed by atoms with van der Waals surface area (Å²) in [5, 5.41) is 20.8. The molecule has 3 aromatic rings. The molecular formula is C15H13N5O2S. The minimum Gasteiger partial charge on any atom is -0.504 e. The number of phenols is 1. The first-order valence-corrected chi connectivity index (χ1v) is 7.10. The van der Waals surface area contributed by atoms with Gasteiger partial charge in [-0.05, 0) is 48.1 Å². The zero-order chi connectivity index (χ0) is 16.2. The van der Waals surface area contributed by atoms with Gasteiger partial charge >= 0.3 is 0 Å². The van der Waals surface area contributed by atoms with Gasteiger partial charge in [0, 0.05) is 6.20 Å². The third-order valence-electron chi connectivity index (χ3n) is 3.07.